The fourth-order valence-corrected chi connectivity index (χ4v) is 3.12. The number of rotatable bonds is 7. The van der Waals surface area contributed by atoms with E-state index in [1.165, 1.54) is 24.3 Å². The van der Waals surface area contributed by atoms with E-state index in [1.54, 1.807) is 0 Å². The second-order valence-electron chi connectivity index (χ2n) is 5.35. The lowest BCUT2D eigenvalue weighted by atomic mass is 10.2. The van der Waals surface area contributed by atoms with Crippen LogP contribution in [-0.2, 0) is 14.8 Å². The van der Waals surface area contributed by atoms with Crippen molar-refractivity contribution in [2.75, 3.05) is 11.3 Å². The van der Waals surface area contributed by atoms with Crippen LogP contribution in [0.15, 0.2) is 41.3 Å². The zero-order chi connectivity index (χ0) is 19.3. The molecule has 0 atom stereocenters. The second-order valence-corrected chi connectivity index (χ2v) is 7.00. The number of hydrogen-bond acceptors (Lipinski definition) is 4. The minimum absolute atomic E-state index is 0.0132. The Bertz CT molecular complexity index is 899. The fourth-order valence-electron chi connectivity index (χ4n) is 1.99. The third kappa shape index (κ3) is 4.54. The van der Waals surface area contributed by atoms with Crippen LogP contribution in [0, 0.1) is 17.5 Å². The van der Waals surface area contributed by atoms with Gasteiger partial charge in [0.25, 0.3) is 10.0 Å². The molecule has 2 aromatic carbocycles. The highest BCUT2D eigenvalue weighted by Gasteiger charge is 2.24. The Morgan fingerprint density at radius 3 is 2.31 bits per heavy atom. The molecule has 0 heterocycles. The largest absolute Gasteiger partial charge is 0.462 e. The number of carbonyl (C=O) groups is 1. The molecule has 0 bridgehead atoms. The molecule has 0 unspecified atom stereocenters. The van der Waals surface area contributed by atoms with Gasteiger partial charge in [0, 0.05) is 5.69 Å². The number of ether oxygens (including phenoxy) is 1. The van der Waals surface area contributed by atoms with Gasteiger partial charge in [0.1, 0.15) is 4.90 Å². The molecule has 26 heavy (non-hydrogen) atoms. The van der Waals surface area contributed by atoms with E-state index in [2.05, 4.69) is 0 Å². The molecule has 0 fully saturated rings. The maximum Gasteiger partial charge on any atom is 0.338 e. The van der Waals surface area contributed by atoms with Gasteiger partial charge in [-0.15, -0.1) is 0 Å². The molecule has 0 aliphatic rings. The summed E-state index contributed by atoms with van der Waals surface area (Å²) in [5, 5.41) is 0. The van der Waals surface area contributed by atoms with Crippen LogP contribution in [0.2, 0.25) is 0 Å². The molecule has 9 heteroatoms. The Balaban J connectivity index is 2.15. The topological polar surface area (TPSA) is 72.5 Å². The third-order valence-corrected chi connectivity index (χ3v) is 4.79. The number of benzene rings is 2. The molecule has 0 spiro atoms. The van der Waals surface area contributed by atoms with Crippen molar-refractivity contribution in [2.24, 2.45) is 0 Å². The number of sulfonamides is 1. The predicted molar refractivity (Wildman–Crippen MR) is 88.8 cm³/mol. The van der Waals surface area contributed by atoms with Crippen molar-refractivity contribution in [3.05, 3.63) is 59.4 Å². The van der Waals surface area contributed by atoms with Gasteiger partial charge in [-0.3, -0.25) is 4.72 Å². The molecule has 0 saturated carbocycles. The summed E-state index contributed by atoms with van der Waals surface area (Å²) in [7, 11) is -4.48. The highest BCUT2D eigenvalue weighted by atomic mass is 32.2. The molecule has 0 radical (unpaired) electrons. The van der Waals surface area contributed by atoms with Gasteiger partial charge in [-0.1, -0.05) is 13.3 Å². The Morgan fingerprint density at radius 2 is 1.69 bits per heavy atom. The van der Waals surface area contributed by atoms with Crippen LogP contribution in [0.25, 0.3) is 0 Å². The van der Waals surface area contributed by atoms with Crippen LogP contribution < -0.4 is 4.72 Å². The average molecular weight is 387 g/mol. The summed E-state index contributed by atoms with van der Waals surface area (Å²) >= 11 is 0. The van der Waals surface area contributed by atoms with Gasteiger partial charge in [0.15, 0.2) is 17.5 Å². The number of halogens is 3. The number of esters is 1. The smallest absolute Gasteiger partial charge is 0.338 e. The molecular weight excluding hydrogens is 371 g/mol. The normalized spacial score (nSPS) is 11.2. The van der Waals surface area contributed by atoms with Crippen LogP contribution in [0.4, 0.5) is 18.9 Å². The van der Waals surface area contributed by atoms with Gasteiger partial charge in [0.05, 0.1) is 12.2 Å². The number of anilines is 1. The summed E-state index contributed by atoms with van der Waals surface area (Å²) in [6, 6.07) is 6.33. The van der Waals surface area contributed by atoms with E-state index >= 15 is 0 Å². The zero-order valence-electron chi connectivity index (χ0n) is 13.8. The monoisotopic (exact) mass is 387 g/mol. The van der Waals surface area contributed by atoms with Crippen molar-refractivity contribution >= 4 is 21.7 Å². The van der Waals surface area contributed by atoms with Crippen molar-refractivity contribution < 1.29 is 31.1 Å². The molecule has 0 saturated heterocycles. The van der Waals surface area contributed by atoms with Crippen LogP contribution in [0.3, 0.4) is 0 Å². The number of unbranched alkanes of at least 4 members (excludes halogenated alkanes) is 1. The molecule has 1 N–H and O–H groups in total. The minimum Gasteiger partial charge on any atom is -0.462 e. The molecule has 5 nitrogen and oxygen atoms in total. The van der Waals surface area contributed by atoms with E-state index in [0.717, 1.165) is 12.8 Å². The molecule has 0 aliphatic carbocycles. The van der Waals surface area contributed by atoms with E-state index in [9.17, 15) is 26.4 Å². The van der Waals surface area contributed by atoms with Crippen LogP contribution in [0.5, 0.6) is 0 Å². The van der Waals surface area contributed by atoms with Crippen molar-refractivity contribution in [3.8, 4) is 0 Å². The summed E-state index contributed by atoms with van der Waals surface area (Å²) < 4.78 is 71.2. The van der Waals surface area contributed by atoms with E-state index in [-0.39, 0.29) is 17.9 Å². The van der Waals surface area contributed by atoms with E-state index in [0.29, 0.717) is 12.1 Å². The van der Waals surface area contributed by atoms with Crippen LogP contribution in [-0.4, -0.2) is 21.0 Å². The molecule has 2 rings (SSSR count). The second kappa shape index (κ2) is 8.22. The Morgan fingerprint density at radius 1 is 1.04 bits per heavy atom. The summed E-state index contributed by atoms with van der Waals surface area (Å²) in [4.78, 5) is 10.7. The number of carbonyl (C=O) groups excluding carboxylic acids is 1. The number of hydrogen-bond donors (Lipinski definition) is 1. The number of nitrogens with one attached hydrogen (secondary N) is 1. The van der Waals surface area contributed by atoms with Crippen LogP contribution >= 0.6 is 0 Å². The summed E-state index contributed by atoms with van der Waals surface area (Å²) in [6.45, 7) is 2.23. The molecule has 2 aromatic rings. The lowest BCUT2D eigenvalue weighted by Crippen LogP contribution is -2.16. The van der Waals surface area contributed by atoms with Crippen molar-refractivity contribution in [1.82, 2.24) is 0 Å². The standard InChI is InChI=1S/C17H16F3NO4S/c1-2-3-10-25-17(22)11-4-6-12(7-5-11)21-26(23,24)14-9-8-13(18)15(19)16(14)20/h4-9,21H,2-3,10H2,1H3. The highest BCUT2D eigenvalue weighted by Crippen LogP contribution is 2.22. The van der Waals surface area contributed by atoms with E-state index < -0.39 is 38.3 Å². The lowest BCUT2D eigenvalue weighted by Gasteiger charge is -2.10. The van der Waals surface area contributed by atoms with Gasteiger partial charge in [-0.05, 0) is 42.8 Å². The van der Waals surface area contributed by atoms with E-state index in [1.807, 2.05) is 11.6 Å². The van der Waals surface area contributed by atoms with Gasteiger partial charge in [-0.25, -0.2) is 26.4 Å². The maximum atomic E-state index is 13.7. The van der Waals surface area contributed by atoms with Gasteiger partial charge in [-0.2, -0.15) is 0 Å². The van der Waals surface area contributed by atoms with Gasteiger partial charge < -0.3 is 4.74 Å². The SMILES string of the molecule is CCCCOC(=O)c1ccc(NS(=O)(=O)c2ccc(F)c(F)c2F)cc1. The van der Waals surface area contributed by atoms with Crippen molar-refractivity contribution in [2.45, 2.75) is 24.7 Å². The maximum absolute atomic E-state index is 13.7. The minimum atomic E-state index is -4.48. The Labute approximate surface area is 148 Å². The first-order valence-electron chi connectivity index (χ1n) is 7.69. The summed E-state index contributed by atoms with van der Waals surface area (Å²) in [5.74, 6) is -5.74. The Kier molecular flexibility index (Phi) is 6.25. The highest BCUT2D eigenvalue weighted by molar-refractivity contribution is 7.92. The summed E-state index contributed by atoms with van der Waals surface area (Å²) in [5.41, 5.74) is 0.224. The molecule has 0 amide bonds. The summed E-state index contributed by atoms with van der Waals surface area (Å²) in [6.07, 6.45) is 1.60. The van der Waals surface area contributed by atoms with Gasteiger partial charge in [0.2, 0.25) is 0 Å². The van der Waals surface area contributed by atoms with Crippen molar-refractivity contribution in [3.63, 3.8) is 0 Å². The van der Waals surface area contributed by atoms with Crippen LogP contribution in [0.1, 0.15) is 30.1 Å². The molecule has 0 aromatic heterocycles. The third-order valence-electron chi connectivity index (χ3n) is 3.39. The van der Waals surface area contributed by atoms with Gasteiger partial charge >= 0.3 is 5.97 Å². The lowest BCUT2D eigenvalue weighted by molar-refractivity contribution is 0.0500. The Hall–Kier alpha value is -2.55. The predicted octanol–water partition coefficient (Wildman–Crippen LogP) is 3.86. The first kappa shape index (κ1) is 19.8. The first-order valence-corrected chi connectivity index (χ1v) is 9.18. The fraction of sp³-hybridized carbons (Fsp3) is 0.235. The zero-order valence-corrected chi connectivity index (χ0v) is 14.6. The quantitative estimate of drug-likeness (QED) is 0.445. The molecule has 0 aliphatic heterocycles. The first-order chi connectivity index (χ1) is 12.3. The van der Waals surface area contributed by atoms with Crippen molar-refractivity contribution in [1.29, 1.82) is 0 Å². The van der Waals surface area contributed by atoms with E-state index in [4.69, 9.17) is 4.74 Å². The molecular formula is C17H16F3NO4S. The average Bonchev–Trinajstić information content (AvgIpc) is 2.60. The molecule has 140 valence electrons.